The van der Waals surface area contributed by atoms with E-state index in [4.69, 9.17) is 15.6 Å². The number of nitrogen functional groups attached to an aromatic ring is 1. The summed E-state index contributed by atoms with van der Waals surface area (Å²) in [7, 11) is 0. The predicted molar refractivity (Wildman–Crippen MR) is 78.5 cm³/mol. The third-order valence-electron chi connectivity index (χ3n) is 2.80. The van der Waals surface area contributed by atoms with Gasteiger partial charge in [0.15, 0.2) is 11.3 Å². The average molecular weight is 368 g/mol. The first-order chi connectivity index (χ1) is 8.58. The van der Waals surface area contributed by atoms with Crippen LogP contribution in [0.4, 0.5) is 5.69 Å². The molecule has 0 fully saturated rings. The number of rotatable bonds is 0. The molecule has 0 unspecified atom stereocenters. The number of benzene rings is 2. The molecule has 3 nitrogen and oxygen atoms in total. The third-order valence-corrected chi connectivity index (χ3v) is 4.41. The van der Waals surface area contributed by atoms with Gasteiger partial charge in [-0.15, -0.1) is 0 Å². The molecule has 3 N–H and O–H groups in total. The van der Waals surface area contributed by atoms with Crippen molar-refractivity contribution in [2.45, 2.75) is 0 Å². The Hall–Kier alpha value is -1.33. The van der Waals surface area contributed by atoms with Crippen molar-refractivity contribution in [3.8, 4) is 11.3 Å². The Morgan fingerprint density at radius 2 is 1.83 bits per heavy atom. The highest BCUT2D eigenvalue weighted by molar-refractivity contribution is 9.11. The first-order valence-electron chi connectivity index (χ1n) is 5.22. The summed E-state index contributed by atoms with van der Waals surface area (Å²) in [6, 6.07) is 9.38. The Morgan fingerprint density at radius 3 is 2.61 bits per heavy atom. The second kappa shape index (κ2) is 4.10. The fourth-order valence-electron chi connectivity index (χ4n) is 1.86. The van der Waals surface area contributed by atoms with Crippen molar-refractivity contribution in [1.82, 2.24) is 0 Å². The molecule has 2 aliphatic rings. The van der Waals surface area contributed by atoms with E-state index in [0.717, 1.165) is 15.4 Å². The van der Waals surface area contributed by atoms with Gasteiger partial charge in [-0.05, 0) is 62.2 Å². The normalized spacial score (nSPS) is 11.2. The molecule has 90 valence electrons. The van der Waals surface area contributed by atoms with Crippen molar-refractivity contribution in [2.24, 2.45) is 0 Å². The maximum atomic E-state index is 7.76. The number of anilines is 1. The Balaban J connectivity index is 2.54. The Kier molecular flexibility index (Phi) is 2.68. The quantitative estimate of drug-likeness (QED) is 0.463. The number of nitrogens with two attached hydrogens (primary N) is 1. The van der Waals surface area contributed by atoms with Crippen molar-refractivity contribution in [2.75, 3.05) is 5.73 Å². The number of hydrogen-bond acceptors (Lipinski definition) is 3. The minimum absolute atomic E-state index is 0.394. The van der Waals surface area contributed by atoms with Crippen LogP contribution in [0.5, 0.6) is 0 Å². The van der Waals surface area contributed by atoms with E-state index < -0.39 is 0 Å². The van der Waals surface area contributed by atoms with Crippen LogP contribution in [0.25, 0.3) is 22.3 Å². The summed E-state index contributed by atoms with van der Waals surface area (Å²) in [4.78, 5) is 0. The standard InChI is InChI=1S/C13H8Br2N2O/c14-10-8(16)3-1-6-5-7-2-4-9(17)11(15)13(7)18-12(6)10/h1-5,16H,17H2. The molecule has 18 heavy (non-hydrogen) atoms. The van der Waals surface area contributed by atoms with Gasteiger partial charge >= 0.3 is 0 Å². The molecule has 1 aromatic carbocycles. The van der Waals surface area contributed by atoms with Crippen molar-refractivity contribution in [1.29, 1.82) is 5.41 Å². The van der Waals surface area contributed by atoms with Gasteiger partial charge < -0.3 is 10.2 Å². The summed E-state index contributed by atoms with van der Waals surface area (Å²) in [5, 5.41) is 9.12. The van der Waals surface area contributed by atoms with Crippen LogP contribution in [0.2, 0.25) is 0 Å². The van der Waals surface area contributed by atoms with Gasteiger partial charge in [0.1, 0.15) is 0 Å². The summed E-state index contributed by atoms with van der Waals surface area (Å²) in [5.41, 5.74) is 8.11. The number of hydrogen-bond donors (Lipinski definition) is 2. The van der Waals surface area contributed by atoms with Gasteiger partial charge in [-0.1, -0.05) is 0 Å². The number of nitrogens with one attached hydrogen (secondary N) is 1. The second-order valence-corrected chi connectivity index (χ2v) is 5.56. The maximum absolute atomic E-state index is 7.76. The van der Waals surface area contributed by atoms with Crippen LogP contribution in [0.1, 0.15) is 0 Å². The molecule has 0 bridgehead atoms. The average Bonchev–Trinajstić information content (AvgIpc) is 2.37. The molecular formula is C13H8Br2N2O. The molecule has 3 rings (SSSR count). The number of halogens is 2. The predicted octanol–water partition coefficient (Wildman–Crippen LogP) is 4.12. The van der Waals surface area contributed by atoms with Crippen molar-refractivity contribution >= 4 is 48.5 Å². The van der Waals surface area contributed by atoms with E-state index in [9.17, 15) is 0 Å². The molecule has 5 heteroatoms. The van der Waals surface area contributed by atoms with Crippen LogP contribution >= 0.6 is 31.9 Å². The van der Waals surface area contributed by atoms with E-state index in [2.05, 4.69) is 31.9 Å². The molecule has 1 heterocycles. The van der Waals surface area contributed by atoms with Crippen LogP contribution in [-0.4, -0.2) is 0 Å². The van der Waals surface area contributed by atoms with Crippen LogP contribution in [0.15, 0.2) is 43.7 Å². The van der Waals surface area contributed by atoms with Gasteiger partial charge in [0.25, 0.3) is 0 Å². The zero-order chi connectivity index (χ0) is 12.9. The van der Waals surface area contributed by atoms with Gasteiger partial charge in [-0.25, -0.2) is 0 Å². The molecule has 0 aromatic heterocycles. The van der Waals surface area contributed by atoms with E-state index in [1.54, 1.807) is 6.07 Å². The van der Waals surface area contributed by atoms with E-state index >= 15 is 0 Å². The second-order valence-electron chi connectivity index (χ2n) is 3.98. The fourth-order valence-corrected chi connectivity index (χ4v) is 2.75. The Bertz CT molecular complexity index is 795. The minimum atomic E-state index is 0.394. The van der Waals surface area contributed by atoms with Crippen LogP contribution < -0.4 is 11.1 Å². The smallest absolute Gasteiger partial charge is 0.151 e. The van der Waals surface area contributed by atoms with E-state index in [1.165, 1.54) is 0 Å². The van der Waals surface area contributed by atoms with Gasteiger partial charge in [0.2, 0.25) is 0 Å². The van der Waals surface area contributed by atoms with E-state index in [-0.39, 0.29) is 0 Å². The van der Waals surface area contributed by atoms with Gasteiger partial charge in [0.05, 0.1) is 14.3 Å². The van der Waals surface area contributed by atoms with Crippen molar-refractivity contribution in [3.63, 3.8) is 0 Å². The highest BCUT2D eigenvalue weighted by Gasteiger charge is 2.14. The Labute approximate surface area is 120 Å². The molecule has 0 radical (unpaired) electrons. The van der Waals surface area contributed by atoms with Crippen molar-refractivity contribution in [3.05, 3.63) is 44.6 Å². The molecule has 1 aliphatic heterocycles. The molecule has 0 atom stereocenters. The zero-order valence-electron chi connectivity index (χ0n) is 9.13. The fraction of sp³-hybridized carbons (Fsp3) is 0. The first-order valence-corrected chi connectivity index (χ1v) is 6.81. The zero-order valence-corrected chi connectivity index (χ0v) is 12.3. The lowest BCUT2D eigenvalue weighted by Gasteiger charge is -2.10. The lowest BCUT2D eigenvalue weighted by atomic mass is 10.1. The maximum Gasteiger partial charge on any atom is 0.151 e. The Morgan fingerprint density at radius 1 is 1.06 bits per heavy atom. The van der Waals surface area contributed by atoms with E-state index in [1.807, 2.05) is 24.3 Å². The van der Waals surface area contributed by atoms with E-state index in [0.29, 0.717) is 26.9 Å². The first kappa shape index (κ1) is 11.7. The van der Waals surface area contributed by atoms with Gasteiger partial charge in [0, 0.05) is 16.6 Å². The van der Waals surface area contributed by atoms with Crippen LogP contribution in [0, 0.1) is 5.41 Å². The van der Waals surface area contributed by atoms with Gasteiger partial charge in [-0.2, -0.15) is 0 Å². The molecular weight excluding hydrogens is 360 g/mol. The largest absolute Gasteiger partial charge is 0.454 e. The highest BCUT2D eigenvalue weighted by Crippen LogP contribution is 2.36. The van der Waals surface area contributed by atoms with Crippen LogP contribution in [0.3, 0.4) is 0 Å². The monoisotopic (exact) mass is 366 g/mol. The molecule has 0 saturated heterocycles. The molecule has 1 aliphatic carbocycles. The summed E-state index contributed by atoms with van der Waals surface area (Å²) >= 11 is 6.81. The lowest BCUT2D eigenvalue weighted by Crippen LogP contribution is -2.02. The van der Waals surface area contributed by atoms with Crippen molar-refractivity contribution < 1.29 is 4.42 Å². The summed E-state index contributed by atoms with van der Waals surface area (Å²) in [6.45, 7) is 0. The number of fused-ring (bicyclic) bond motifs is 2. The summed E-state index contributed by atoms with van der Waals surface area (Å²) in [6.07, 6.45) is 0. The SMILES string of the molecule is N=c1ccc2cc3ccc(N)c(Br)c3oc-2c1Br. The molecule has 1 aromatic rings. The topological polar surface area (TPSA) is 63.0 Å². The summed E-state index contributed by atoms with van der Waals surface area (Å²) < 4.78 is 7.26. The molecule has 0 amide bonds. The molecule has 0 saturated carbocycles. The minimum Gasteiger partial charge on any atom is -0.454 e. The molecule has 0 spiro atoms. The third kappa shape index (κ3) is 1.66. The highest BCUT2D eigenvalue weighted by atomic mass is 79.9. The summed E-state index contributed by atoms with van der Waals surface area (Å²) in [5.74, 6) is 0.654. The van der Waals surface area contributed by atoms with Crippen LogP contribution in [-0.2, 0) is 0 Å². The lowest BCUT2D eigenvalue weighted by molar-refractivity contribution is 0.613. The van der Waals surface area contributed by atoms with Gasteiger partial charge in [-0.3, -0.25) is 5.41 Å².